The van der Waals surface area contributed by atoms with Crippen molar-refractivity contribution in [2.45, 2.75) is 19.3 Å². The van der Waals surface area contributed by atoms with Crippen LogP contribution in [0.1, 0.15) is 25.0 Å². The third-order valence-electron chi connectivity index (χ3n) is 10.7. The molecule has 232 valence electrons. The van der Waals surface area contributed by atoms with Crippen LogP contribution >= 0.6 is 0 Å². The summed E-state index contributed by atoms with van der Waals surface area (Å²) >= 11 is 0. The molecule has 0 radical (unpaired) electrons. The van der Waals surface area contributed by atoms with Crippen molar-refractivity contribution in [1.82, 2.24) is 4.57 Å². The molecule has 0 aliphatic carbocycles. The van der Waals surface area contributed by atoms with Gasteiger partial charge in [0.25, 0.3) is 6.71 Å². The van der Waals surface area contributed by atoms with Gasteiger partial charge in [-0.1, -0.05) is 135 Å². The van der Waals surface area contributed by atoms with Crippen molar-refractivity contribution < 1.29 is 4.74 Å². The van der Waals surface area contributed by atoms with Crippen LogP contribution in [0.25, 0.3) is 27.5 Å². The van der Waals surface area contributed by atoms with Crippen molar-refractivity contribution in [2.24, 2.45) is 0 Å². The first-order valence-corrected chi connectivity index (χ1v) is 17.1. The molecule has 0 fully saturated rings. The second kappa shape index (κ2) is 10.5. The highest BCUT2D eigenvalue weighted by atomic mass is 16.5. The molecule has 4 heteroatoms. The van der Waals surface area contributed by atoms with E-state index in [4.69, 9.17) is 4.74 Å². The molecule has 3 heterocycles. The molecule has 49 heavy (non-hydrogen) atoms. The number of hydrogen-bond acceptors (Lipinski definition) is 2. The Labute approximate surface area is 286 Å². The smallest absolute Gasteiger partial charge is 0.250 e. The third-order valence-corrected chi connectivity index (χ3v) is 10.7. The monoisotopic (exact) mass is 628 g/mol. The van der Waals surface area contributed by atoms with Crippen molar-refractivity contribution in [3.8, 4) is 17.2 Å². The summed E-state index contributed by atoms with van der Waals surface area (Å²) in [6.07, 6.45) is 0. The summed E-state index contributed by atoms with van der Waals surface area (Å²) < 4.78 is 9.20. The number of fused-ring (bicyclic) bond motifs is 8. The van der Waals surface area contributed by atoms with Crippen LogP contribution in [0.15, 0.2) is 164 Å². The lowest BCUT2D eigenvalue weighted by atomic mass is 9.36. The van der Waals surface area contributed by atoms with E-state index in [9.17, 15) is 0 Å². The minimum Gasteiger partial charge on any atom is -0.458 e. The van der Waals surface area contributed by atoms with Gasteiger partial charge in [0, 0.05) is 39.2 Å². The molecule has 0 N–H and O–H groups in total. The number of aromatic nitrogens is 1. The van der Waals surface area contributed by atoms with Crippen LogP contribution in [0.5, 0.6) is 11.5 Å². The lowest BCUT2D eigenvalue weighted by Gasteiger charge is -2.43. The van der Waals surface area contributed by atoms with Gasteiger partial charge in [-0.05, 0) is 59.0 Å². The van der Waals surface area contributed by atoms with E-state index in [0.29, 0.717) is 0 Å². The van der Waals surface area contributed by atoms with Crippen LogP contribution in [0.2, 0.25) is 0 Å². The molecule has 0 unspecified atom stereocenters. The van der Waals surface area contributed by atoms with E-state index in [-0.39, 0.29) is 12.1 Å². The number of ether oxygens (including phenoxy) is 1. The zero-order chi connectivity index (χ0) is 32.7. The van der Waals surface area contributed by atoms with E-state index < -0.39 is 0 Å². The van der Waals surface area contributed by atoms with Crippen molar-refractivity contribution >= 4 is 62.0 Å². The molecule has 10 rings (SSSR count). The summed E-state index contributed by atoms with van der Waals surface area (Å²) in [7, 11) is 0. The molecule has 0 spiro atoms. The molecule has 8 aromatic rings. The van der Waals surface area contributed by atoms with Gasteiger partial charge in [-0.25, -0.2) is 0 Å². The molecule has 0 saturated carbocycles. The van der Waals surface area contributed by atoms with E-state index in [1.165, 1.54) is 60.7 Å². The number of benzene rings is 7. The highest BCUT2D eigenvalue weighted by Crippen LogP contribution is 2.55. The summed E-state index contributed by atoms with van der Waals surface area (Å²) in [5.74, 6) is 1.81. The predicted molar refractivity (Wildman–Crippen MR) is 205 cm³/mol. The van der Waals surface area contributed by atoms with Crippen LogP contribution in [0, 0.1) is 0 Å². The average Bonchev–Trinajstić information content (AvgIpc) is 3.49. The van der Waals surface area contributed by atoms with Gasteiger partial charge in [-0.3, -0.25) is 0 Å². The second-order valence-electron chi connectivity index (χ2n) is 13.7. The first-order chi connectivity index (χ1) is 24.1. The second-order valence-corrected chi connectivity index (χ2v) is 13.7. The van der Waals surface area contributed by atoms with E-state index in [1.807, 2.05) is 0 Å². The van der Waals surface area contributed by atoms with E-state index in [2.05, 4.69) is 187 Å². The van der Waals surface area contributed by atoms with Crippen molar-refractivity contribution in [3.05, 3.63) is 175 Å². The topological polar surface area (TPSA) is 17.4 Å². The van der Waals surface area contributed by atoms with Gasteiger partial charge in [0.15, 0.2) is 0 Å². The van der Waals surface area contributed by atoms with Gasteiger partial charge in [0.1, 0.15) is 11.5 Å². The largest absolute Gasteiger partial charge is 0.458 e. The molecule has 0 amide bonds. The van der Waals surface area contributed by atoms with Gasteiger partial charge in [-0.2, -0.15) is 0 Å². The molecule has 0 atom stereocenters. The molecular formula is C45H33BN2O. The minimum absolute atomic E-state index is 0.0938. The SMILES string of the molecule is CC1(C)c2ccccc2N(c2ccc3c(c2)Oc2ccccc2B3c2ccccc2)c2ccc3c4ccccc4n(-c4ccccc4)c3c21. The number of anilines is 3. The molecule has 2 aliphatic heterocycles. The van der Waals surface area contributed by atoms with Gasteiger partial charge in [0.05, 0.1) is 22.4 Å². The van der Waals surface area contributed by atoms with Crippen LogP contribution in [-0.4, -0.2) is 11.3 Å². The Balaban J connectivity index is 1.25. The highest BCUT2D eigenvalue weighted by molar-refractivity contribution is 6.96. The summed E-state index contributed by atoms with van der Waals surface area (Å²) in [6, 6.07) is 59.2. The van der Waals surface area contributed by atoms with Crippen LogP contribution in [-0.2, 0) is 5.41 Å². The average molecular weight is 629 g/mol. The van der Waals surface area contributed by atoms with E-state index in [1.54, 1.807) is 0 Å². The molecule has 0 saturated heterocycles. The van der Waals surface area contributed by atoms with Crippen molar-refractivity contribution in [3.63, 3.8) is 0 Å². The van der Waals surface area contributed by atoms with Crippen LogP contribution < -0.4 is 26.0 Å². The standard InChI is InChI=1S/C45H33BN2O/c1-45(2)35-20-10-13-23-39(35)47(32-25-27-37-42(29-32)49-41-24-14-11-21-36(41)46(37)30-15-5-3-6-16-30)40-28-26-34-33-19-9-12-22-38(33)48(44(34)43(40)45)31-17-7-4-8-18-31/h3-29H,1-2H3. The fourth-order valence-electron chi connectivity index (χ4n) is 8.53. The molecular weight excluding hydrogens is 595 g/mol. The number of para-hydroxylation sites is 4. The molecule has 7 aromatic carbocycles. The zero-order valence-corrected chi connectivity index (χ0v) is 27.5. The Morgan fingerprint density at radius 3 is 2.08 bits per heavy atom. The number of rotatable bonds is 3. The summed E-state index contributed by atoms with van der Waals surface area (Å²) in [6.45, 7) is 4.86. The predicted octanol–water partition coefficient (Wildman–Crippen LogP) is 9.51. The summed E-state index contributed by atoms with van der Waals surface area (Å²) in [4.78, 5) is 2.45. The maximum absolute atomic E-state index is 6.73. The van der Waals surface area contributed by atoms with Gasteiger partial charge >= 0.3 is 0 Å². The minimum atomic E-state index is -0.273. The Morgan fingerprint density at radius 1 is 0.531 bits per heavy atom. The van der Waals surface area contributed by atoms with Crippen molar-refractivity contribution in [1.29, 1.82) is 0 Å². The number of nitrogens with zero attached hydrogens (tertiary/aromatic N) is 2. The van der Waals surface area contributed by atoms with Gasteiger partial charge < -0.3 is 14.2 Å². The number of hydrogen-bond donors (Lipinski definition) is 0. The fourth-order valence-corrected chi connectivity index (χ4v) is 8.53. The Morgan fingerprint density at radius 2 is 1.22 bits per heavy atom. The van der Waals surface area contributed by atoms with Crippen LogP contribution in [0.3, 0.4) is 0 Å². The Bertz CT molecular complexity index is 2570. The third kappa shape index (κ3) is 4.04. The zero-order valence-electron chi connectivity index (χ0n) is 27.5. The molecule has 0 bridgehead atoms. The summed E-state index contributed by atoms with van der Waals surface area (Å²) in [5, 5.41) is 2.53. The Hall–Kier alpha value is -6.00. The normalized spacial score (nSPS) is 14.2. The molecule has 1 aromatic heterocycles. The Kier molecular flexibility index (Phi) is 6.01. The van der Waals surface area contributed by atoms with Gasteiger partial charge in [-0.15, -0.1) is 0 Å². The van der Waals surface area contributed by atoms with Crippen molar-refractivity contribution in [2.75, 3.05) is 4.90 Å². The maximum atomic E-state index is 6.73. The first kappa shape index (κ1) is 28.1. The fraction of sp³-hybridized carbons (Fsp3) is 0.0667. The maximum Gasteiger partial charge on any atom is 0.250 e. The quantitative estimate of drug-likeness (QED) is 0.181. The molecule has 2 aliphatic rings. The highest BCUT2D eigenvalue weighted by Gasteiger charge is 2.40. The van der Waals surface area contributed by atoms with E-state index in [0.717, 1.165) is 22.9 Å². The first-order valence-electron chi connectivity index (χ1n) is 17.1. The molecule has 3 nitrogen and oxygen atoms in total. The van der Waals surface area contributed by atoms with Crippen LogP contribution in [0.4, 0.5) is 17.1 Å². The lowest BCUT2D eigenvalue weighted by molar-refractivity contribution is 0.487. The van der Waals surface area contributed by atoms with E-state index >= 15 is 0 Å². The van der Waals surface area contributed by atoms with Gasteiger partial charge in [0.2, 0.25) is 0 Å². The lowest BCUT2D eigenvalue weighted by Crippen LogP contribution is -2.54. The summed E-state index contributed by atoms with van der Waals surface area (Å²) in [5.41, 5.74) is 13.1.